The molecule has 0 saturated heterocycles. The Morgan fingerprint density at radius 2 is 1.72 bits per heavy atom. The second-order valence-electron chi connectivity index (χ2n) is 6.99. The molecule has 0 unspecified atom stereocenters. The first kappa shape index (κ1) is 21.0. The van der Waals surface area contributed by atoms with Crippen LogP contribution in [-0.2, 0) is 19.7 Å². The van der Waals surface area contributed by atoms with E-state index in [9.17, 15) is 9.59 Å². The van der Waals surface area contributed by atoms with Crippen LogP contribution >= 0.6 is 11.6 Å². The van der Waals surface area contributed by atoms with E-state index in [1.54, 1.807) is 37.4 Å². The third kappa shape index (κ3) is 4.65. The van der Waals surface area contributed by atoms with Crippen molar-refractivity contribution >= 4 is 29.2 Å². The third-order valence-corrected chi connectivity index (χ3v) is 5.51. The summed E-state index contributed by atoms with van der Waals surface area (Å²) in [5.41, 5.74) is 0.632. The number of nitrogens with one attached hydrogen (secondary N) is 1. The van der Waals surface area contributed by atoms with E-state index >= 15 is 0 Å². The van der Waals surface area contributed by atoms with Crippen molar-refractivity contribution in [3.8, 4) is 11.5 Å². The summed E-state index contributed by atoms with van der Waals surface area (Å²) in [7, 11) is 3.05. The molecule has 2 aromatic rings. The predicted octanol–water partition coefficient (Wildman–Crippen LogP) is 4.35. The monoisotopic (exact) mass is 417 g/mol. The summed E-state index contributed by atoms with van der Waals surface area (Å²) in [6, 6.07) is 12.3. The minimum absolute atomic E-state index is 0.372. The lowest BCUT2D eigenvalue weighted by molar-refractivity contribution is -0.153. The van der Waals surface area contributed by atoms with Gasteiger partial charge in [0.25, 0.3) is 5.91 Å². The van der Waals surface area contributed by atoms with Gasteiger partial charge >= 0.3 is 5.97 Å². The topological polar surface area (TPSA) is 73.9 Å². The van der Waals surface area contributed by atoms with Crippen molar-refractivity contribution in [1.82, 2.24) is 0 Å². The van der Waals surface area contributed by atoms with Crippen molar-refractivity contribution in [2.45, 2.75) is 31.1 Å². The molecule has 7 heteroatoms. The summed E-state index contributed by atoms with van der Waals surface area (Å²) in [6.45, 7) is -0.372. The molecule has 1 amide bonds. The van der Waals surface area contributed by atoms with Crippen LogP contribution in [-0.4, -0.2) is 32.7 Å². The number of methoxy groups -OCH3 is 2. The van der Waals surface area contributed by atoms with Gasteiger partial charge in [0.2, 0.25) is 0 Å². The predicted molar refractivity (Wildman–Crippen MR) is 111 cm³/mol. The number of anilines is 1. The Bertz CT molecular complexity index is 875. The van der Waals surface area contributed by atoms with Crippen LogP contribution in [0.15, 0.2) is 42.5 Å². The average molecular weight is 418 g/mol. The fourth-order valence-electron chi connectivity index (χ4n) is 3.72. The lowest BCUT2D eigenvalue weighted by atomic mass is 9.79. The van der Waals surface area contributed by atoms with Crippen LogP contribution in [0.5, 0.6) is 11.5 Å². The molecule has 0 spiro atoms. The van der Waals surface area contributed by atoms with Gasteiger partial charge in [-0.05, 0) is 42.7 Å². The SMILES string of the molecule is COc1ccc(NC(=O)COC(=O)C2(c3ccc(Cl)cc3)CCCC2)c(OC)c1. The number of hydrogen-bond acceptors (Lipinski definition) is 5. The minimum Gasteiger partial charge on any atom is -0.497 e. The fourth-order valence-corrected chi connectivity index (χ4v) is 3.84. The second kappa shape index (κ2) is 9.18. The number of rotatable bonds is 7. The third-order valence-electron chi connectivity index (χ3n) is 5.26. The Hall–Kier alpha value is -2.73. The summed E-state index contributed by atoms with van der Waals surface area (Å²) < 4.78 is 15.8. The van der Waals surface area contributed by atoms with Gasteiger partial charge in [-0.3, -0.25) is 9.59 Å². The van der Waals surface area contributed by atoms with Gasteiger partial charge < -0.3 is 19.5 Å². The zero-order chi connectivity index (χ0) is 20.9. The van der Waals surface area contributed by atoms with E-state index in [0.717, 1.165) is 18.4 Å². The number of amides is 1. The molecule has 0 heterocycles. The van der Waals surface area contributed by atoms with Crippen LogP contribution in [0.1, 0.15) is 31.2 Å². The van der Waals surface area contributed by atoms with Crippen LogP contribution in [0.3, 0.4) is 0 Å². The summed E-state index contributed by atoms with van der Waals surface area (Å²) in [5, 5.41) is 3.32. The maximum absolute atomic E-state index is 12.9. The Balaban J connectivity index is 1.66. The first-order chi connectivity index (χ1) is 14.0. The van der Waals surface area contributed by atoms with Gasteiger partial charge in [-0.15, -0.1) is 0 Å². The molecule has 154 valence electrons. The number of hydrogen-bond donors (Lipinski definition) is 1. The molecule has 29 heavy (non-hydrogen) atoms. The molecule has 2 aromatic carbocycles. The Labute approximate surface area is 175 Å². The average Bonchev–Trinajstić information content (AvgIpc) is 3.24. The standard InChI is InChI=1S/C22H24ClNO5/c1-27-17-9-10-18(19(13-17)28-2)24-20(25)14-29-21(26)22(11-3-4-12-22)15-5-7-16(23)8-6-15/h5-10,13H,3-4,11-12,14H2,1-2H3,(H,24,25). The van der Waals surface area contributed by atoms with E-state index in [-0.39, 0.29) is 12.6 Å². The van der Waals surface area contributed by atoms with Crippen LogP contribution in [0.4, 0.5) is 5.69 Å². The van der Waals surface area contributed by atoms with E-state index < -0.39 is 11.3 Å². The van der Waals surface area contributed by atoms with Gasteiger partial charge in [0.15, 0.2) is 6.61 Å². The lowest BCUT2D eigenvalue weighted by Crippen LogP contribution is -2.36. The van der Waals surface area contributed by atoms with Crippen LogP contribution < -0.4 is 14.8 Å². The molecule has 1 fully saturated rings. The van der Waals surface area contributed by atoms with Crippen LogP contribution in [0.25, 0.3) is 0 Å². The number of ether oxygens (including phenoxy) is 3. The maximum Gasteiger partial charge on any atom is 0.317 e. The van der Waals surface area contributed by atoms with Gasteiger partial charge in [-0.1, -0.05) is 36.6 Å². The lowest BCUT2D eigenvalue weighted by Gasteiger charge is -2.27. The van der Waals surface area contributed by atoms with Gasteiger partial charge in [0, 0.05) is 11.1 Å². The summed E-state index contributed by atoms with van der Waals surface area (Å²) in [4.78, 5) is 25.3. The number of esters is 1. The molecule has 1 aliphatic rings. The highest BCUT2D eigenvalue weighted by atomic mass is 35.5. The first-order valence-electron chi connectivity index (χ1n) is 9.43. The second-order valence-corrected chi connectivity index (χ2v) is 7.42. The smallest absolute Gasteiger partial charge is 0.317 e. The summed E-state index contributed by atoms with van der Waals surface area (Å²) in [5.74, 6) is 0.245. The molecule has 1 N–H and O–H groups in total. The fraction of sp³-hybridized carbons (Fsp3) is 0.364. The molecule has 6 nitrogen and oxygen atoms in total. The molecule has 1 saturated carbocycles. The number of halogens is 1. The highest BCUT2D eigenvalue weighted by Crippen LogP contribution is 2.42. The van der Waals surface area contributed by atoms with E-state index in [2.05, 4.69) is 5.32 Å². The molecule has 0 radical (unpaired) electrons. The maximum atomic E-state index is 12.9. The molecular weight excluding hydrogens is 394 g/mol. The van der Waals surface area contributed by atoms with E-state index in [1.807, 2.05) is 12.1 Å². The van der Waals surface area contributed by atoms with Crippen LogP contribution in [0, 0.1) is 0 Å². The van der Waals surface area contributed by atoms with Crippen molar-refractivity contribution in [2.75, 3.05) is 26.1 Å². The van der Waals surface area contributed by atoms with E-state index in [4.69, 9.17) is 25.8 Å². The van der Waals surface area contributed by atoms with Gasteiger partial charge in [0.05, 0.1) is 25.3 Å². The molecule has 3 rings (SSSR count). The van der Waals surface area contributed by atoms with Crippen molar-refractivity contribution in [1.29, 1.82) is 0 Å². The zero-order valence-corrected chi connectivity index (χ0v) is 17.3. The molecular formula is C22H24ClNO5. The molecule has 1 aliphatic carbocycles. The van der Waals surface area contributed by atoms with Crippen molar-refractivity contribution < 1.29 is 23.8 Å². The molecule has 0 bridgehead atoms. The first-order valence-corrected chi connectivity index (χ1v) is 9.81. The minimum atomic E-state index is -0.720. The van der Waals surface area contributed by atoms with E-state index in [1.165, 1.54) is 7.11 Å². The summed E-state index contributed by atoms with van der Waals surface area (Å²) >= 11 is 5.98. The quantitative estimate of drug-likeness (QED) is 0.678. The largest absolute Gasteiger partial charge is 0.497 e. The molecule has 0 atom stereocenters. The summed E-state index contributed by atoms with van der Waals surface area (Å²) in [6.07, 6.45) is 3.27. The van der Waals surface area contributed by atoms with Crippen molar-refractivity contribution in [2.24, 2.45) is 0 Å². The van der Waals surface area contributed by atoms with E-state index in [0.29, 0.717) is 35.1 Å². The normalized spacial score (nSPS) is 14.9. The van der Waals surface area contributed by atoms with Gasteiger partial charge in [-0.25, -0.2) is 0 Å². The number of carbonyl (C=O) groups is 2. The number of carbonyl (C=O) groups excluding carboxylic acids is 2. The Kier molecular flexibility index (Phi) is 6.64. The number of benzene rings is 2. The molecule has 0 aromatic heterocycles. The van der Waals surface area contributed by atoms with Gasteiger partial charge in [0.1, 0.15) is 11.5 Å². The van der Waals surface area contributed by atoms with Crippen LogP contribution in [0.2, 0.25) is 5.02 Å². The highest BCUT2D eigenvalue weighted by Gasteiger charge is 2.44. The van der Waals surface area contributed by atoms with Gasteiger partial charge in [-0.2, -0.15) is 0 Å². The zero-order valence-electron chi connectivity index (χ0n) is 16.5. The molecule has 0 aliphatic heterocycles. The Morgan fingerprint density at radius 1 is 1.03 bits per heavy atom. The van der Waals surface area contributed by atoms with Crippen molar-refractivity contribution in [3.05, 3.63) is 53.1 Å². The Morgan fingerprint density at radius 3 is 2.34 bits per heavy atom. The van der Waals surface area contributed by atoms with Crippen molar-refractivity contribution in [3.63, 3.8) is 0 Å². The highest BCUT2D eigenvalue weighted by molar-refractivity contribution is 6.30.